The fourth-order valence-corrected chi connectivity index (χ4v) is 0.597. The van der Waals surface area contributed by atoms with Gasteiger partial charge in [0.2, 0.25) is 0 Å². The third kappa shape index (κ3) is 4.00. The standard InChI is InChI=1S/C7H12N2O6/c1-3-4-14-6-15-5-7(2,8(10)11)9(12)13/h3H,1,4-6H2,2H3. The molecule has 0 aliphatic heterocycles. The van der Waals surface area contributed by atoms with Gasteiger partial charge in [0.1, 0.15) is 16.6 Å². The molecule has 0 N–H and O–H groups in total. The summed E-state index contributed by atoms with van der Waals surface area (Å²) < 4.78 is 9.42. The minimum atomic E-state index is -2.34. The highest BCUT2D eigenvalue weighted by atomic mass is 16.7. The molecule has 0 unspecified atom stereocenters. The van der Waals surface area contributed by atoms with Crippen molar-refractivity contribution >= 4 is 0 Å². The lowest BCUT2D eigenvalue weighted by atomic mass is 10.2. The molecule has 0 spiro atoms. The van der Waals surface area contributed by atoms with Crippen LogP contribution in [0.2, 0.25) is 0 Å². The second-order valence-electron chi connectivity index (χ2n) is 2.86. The van der Waals surface area contributed by atoms with Gasteiger partial charge in [-0.2, -0.15) is 0 Å². The number of ether oxygens (including phenoxy) is 2. The lowest BCUT2D eigenvalue weighted by Crippen LogP contribution is -2.47. The molecule has 0 radical (unpaired) electrons. The van der Waals surface area contributed by atoms with Gasteiger partial charge in [-0.1, -0.05) is 6.08 Å². The van der Waals surface area contributed by atoms with E-state index in [2.05, 4.69) is 11.3 Å². The highest BCUT2D eigenvalue weighted by molar-refractivity contribution is 4.63. The molecule has 0 rings (SSSR count). The summed E-state index contributed by atoms with van der Waals surface area (Å²) in [6, 6.07) is 0. The first kappa shape index (κ1) is 13.5. The van der Waals surface area contributed by atoms with Crippen LogP contribution < -0.4 is 0 Å². The molecule has 0 fully saturated rings. The molecule has 0 amide bonds. The third-order valence-electron chi connectivity index (χ3n) is 1.56. The van der Waals surface area contributed by atoms with E-state index in [0.717, 1.165) is 6.92 Å². The molecule has 0 aliphatic rings. The van der Waals surface area contributed by atoms with Crippen LogP contribution in [0, 0.1) is 20.2 Å². The van der Waals surface area contributed by atoms with E-state index in [0.29, 0.717) is 0 Å². The summed E-state index contributed by atoms with van der Waals surface area (Å²) in [7, 11) is 0. The maximum atomic E-state index is 10.4. The fraction of sp³-hybridized carbons (Fsp3) is 0.714. The van der Waals surface area contributed by atoms with Gasteiger partial charge in [-0.3, -0.25) is 20.2 Å². The Balaban J connectivity index is 4.04. The van der Waals surface area contributed by atoms with Crippen molar-refractivity contribution in [2.45, 2.75) is 12.6 Å². The van der Waals surface area contributed by atoms with Crippen LogP contribution >= 0.6 is 0 Å². The van der Waals surface area contributed by atoms with E-state index in [-0.39, 0.29) is 13.4 Å². The van der Waals surface area contributed by atoms with Crippen molar-refractivity contribution in [3.05, 3.63) is 32.9 Å². The maximum absolute atomic E-state index is 10.4. The molecule has 0 aromatic carbocycles. The molecule has 0 aromatic heterocycles. The molecule has 86 valence electrons. The number of rotatable bonds is 8. The monoisotopic (exact) mass is 220 g/mol. The second kappa shape index (κ2) is 6.04. The molecule has 0 saturated heterocycles. The minimum absolute atomic E-state index is 0.216. The van der Waals surface area contributed by atoms with Crippen molar-refractivity contribution in [1.29, 1.82) is 0 Å². The van der Waals surface area contributed by atoms with E-state index in [1.807, 2.05) is 0 Å². The Bertz CT molecular complexity index is 240. The molecule has 0 bridgehead atoms. The van der Waals surface area contributed by atoms with Crippen molar-refractivity contribution in [2.24, 2.45) is 0 Å². The molecule has 0 saturated carbocycles. The SMILES string of the molecule is C=CCOCOCC(C)([N+](=O)[O-])[N+](=O)[O-]. The average Bonchev–Trinajstić information content (AvgIpc) is 2.16. The van der Waals surface area contributed by atoms with Gasteiger partial charge in [0, 0.05) is 0 Å². The van der Waals surface area contributed by atoms with E-state index >= 15 is 0 Å². The molecule has 8 nitrogen and oxygen atoms in total. The topological polar surface area (TPSA) is 105 Å². The van der Waals surface area contributed by atoms with E-state index < -0.39 is 22.1 Å². The van der Waals surface area contributed by atoms with Crippen LogP contribution in [0.15, 0.2) is 12.7 Å². The largest absolute Gasteiger partial charge is 0.478 e. The fourth-order valence-electron chi connectivity index (χ4n) is 0.597. The lowest BCUT2D eigenvalue weighted by molar-refractivity contribution is -0.794. The number of hydrogen-bond donors (Lipinski definition) is 0. The predicted octanol–water partition coefficient (Wildman–Crippen LogP) is 0.433. The van der Waals surface area contributed by atoms with E-state index in [9.17, 15) is 20.2 Å². The first-order valence-corrected chi connectivity index (χ1v) is 4.00. The van der Waals surface area contributed by atoms with Crippen LogP contribution in [0.4, 0.5) is 0 Å². The smallest absolute Gasteiger partial charge is 0.351 e. The first-order chi connectivity index (χ1) is 6.95. The van der Waals surface area contributed by atoms with Crippen LogP contribution in [-0.2, 0) is 9.47 Å². The molecule has 8 heteroatoms. The Morgan fingerprint density at radius 3 is 2.27 bits per heavy atom. The Kier molecular flexibility index (Phi) is 5.42. The molecule has 15 heavy (non-hydrogen) atoms. The second-order valence-corrected chi connectivity index (χ2v) is 2.86. The van der Waals surface area contributed by atoms with Gasteiger partial charge in [0.05, 0.1) is 13.5 Å². The summed E-state index contributed by atoms with van der Waals surface area (Å²) in [6.45, 7) is 3.56. The highest BCUT2D eigenvalue weighted by Gasteiger charge is 2.50. The lowest BCUT2D eigenvalue weighted by Gasteiger charge is -2.12. The van der Waals surface area contributed by atoms with Crippen LogP contribution in [0.3, 0.4) is 0 Å². The van der Waals surface area contributed by atoms with Crippen LogP contribution in [-0.4, -0.2) is 35.5 Å². The van der Waals surface area contributed by atoms with Crippen molar-refractivity contribution in [3.63, 3.8) is 0 Å². The van der Waals surface area contributed by atoms with Gasteiger partial charge in [-0.25, -0.2) is 0 Å². The average molecular weight is 220 g/mol. The van der Waals surface area contributed by atoms with Crippen molar-refractivity contribution < 1.29 is 19.3 Å². The Morgan fingerprint density at radius 2 is 1.87 bits per heavy atom. The third-order valence-corrected chi connectivity index (χ3v) is 1.56. The van der Waals surface area contributed by atoms with Crippen molar-refractivity contribution in [2.75, 3.05) is 20.0 Å². The molecule has 0 atom stereocenters. The quantitative estimate of drug-likeness (QED) is 0.193. The van der Waals surface area contributed by atoms with E-state index in [4.69, 9.17) is 4.74 Å². The summed E-state index contributed by atoms with van der Waals surface area (Å²) in [6.07, 6.45) is 1.46. The first-order valence-electron chi connectivity index (χ1n) is 4.00. The highest BCUT2D eigenvalue weighted by Crippen LogP contribution is 2.10. The Hall–Kier alpha value is -1.54. The zero-order valence-electron chi connectivity index (χ0n) is 8.25. The van der Waals surface area contributed by atoms with Gasteiger partial charge < -0.3 is 9.47 Å². The number of nitro groups is 2. The van der Waals surface area contributed by atoms with E-state index in [1.165, 1.54) is 6.08 Å². The zero-order chi connectivity index (χ0) is 11.9. The van der Waals surface area contributed by atoms with Crippen molar-refractivity contribution in [3.8, 4) is 0 Å². The van der Waals surface area contributed by atoms with Gasteiger partial charge in [0.15, 0.2) is 6.61 Å². The molecule has 0 aromatic rings. The summed E-state index contributed by atoms with van der Waals surface area (Å²) in [5, 5.41) is 20.8. The molecular weight excluding hydrogens is 208 g/mol. The van der Waals surface area contributed by atoms with Gasteiger partial charge in [0.25, 0.3) is 0 Å². The Morgan fingerprint density at radius 1 is 1.33 bits per heavy atom. The summed E-state index contributed by atoms with van der Waals surface area (Å²) in [4.78, 5) is 18.8. The maximum Gasteiger partial charge on any atom is 0.478 e. The summed E-state index contributed by atoms with van der Waals surface area (Å²) in [5.74, 6) is 0. The summed E-state index contributed by atoms with van der Waals surface area (Å²) >= 11 is 0. The minimum Gasteiger partial charge on any atom is -0.351 e. The van der Waals surface area contributed by atoms with Crippen LogP contribution in [0.1, 0.15) is 6.92 Å². The normalized spacial score (nSPS) is 11.0. The zero-order valence-corrected chi connectivity index (χ0v) is 8.25. The predicted molar refractivity (Wildman–Crippen MR) is 49.4 cm³/mol. The van der Waals surface area contributed by atoms with Gasteiger partial charge in [-0.15, -0.1) is 6.58 Å². The number of nitrogens with zero attached hydrogens (tertiary/aromatic N) is 2. The molecular formula is C7H12N2O6. The van der Waals surface area contributed by atoms with Gasteiger partial charge in [-0.05, 0) is 0 Å². The van der Waals surface area contributed by atoms with E-state index in [1.54, 1.807) is 0 Å². The number of hydrogen-bond acceptors (Lipinski definition) is 6. The summed E-state index contributed by atoms with van der Waals surface area (Å²) in [5.41, 5.74) is -2.34. The molecule has 0 aliphatic carbocycles. The Labute approximate surface area is 85.8 Å². The van der Waals surface area contributed by atoms with Crippen molar-refractivity contribution in [1.82, 2.24) is 0 Å². The van der Waals surface area contributed by atoms with Crippen LogP contribution in [0.25, 0.3) is 0 Å². The van der Waals surface area contributed by atoms with Crippen LogP contribution in [0.5, 0.6) is 0 Å². The van der Waals surface area contributed by atoms with Gasteiger partial charge >= 0.3 is 5.66 Å². The molecule has 0 heterocycles.